The molecule has 0 aliphatic heterocycles. The van der Waals surface area contributed by atoms with Gasteiger partial charge in [0.2, 0.25) is 5.91 Å². The average molecular weight is 251 g/mol. The van der Waals surface area contributed by atoms with Crippen LogP contribution in [0.5, 0.6) is 0 Å². The van der Waals surface area contributed by atoms with Crippen LogP contribution in [0.3, 0.4) is 0 Å². The molecule has 15 heavy (non-hydrogen) atoms. The normalized spacial score (nSPS) is 10.1. The van der Waals surface area contributed by atoms with Crippen LogP contribution in [0.4, 0.5) is 10.1 Å². The Kier molecular flexibility index (Phi) is 4.17. The van der Waals surface area contributed by atoms with Crippen LogP contribution in [-0.2, 0) is 4.79 Å². The largest absolute Gasteiger partial charge is 0.384 e. The lowest BCUT2D eigenvalue weighted by atomic mass is 10.3. The highest BCUT2D eigenvalue weighted by Gasteiger charge is 2.07. The number of nitrogens with two attached hydrogens (primary N) is 1. The molecule has 0 spiro atoms. The van der Waals surface area contributed by atoms with E-state index in [1.807, 2.05) is 0 Å². The number of carbonyl (C=O) groups is 1. The van der Waals surface area contributed by atoms with Crippen molar-refractivity contribution in [3.63, 3.8) is 0 Å². The van der Waals surface area contributed by atoms with Crippen molar-refractivity contribution in [2.45, 2.75) is 6.42 Å². The molecule has 0 unspecified atom stereocenters. The van der Waals surface area contributed by atoms with Crippen molar-refractivity contribution in [1.82, 2.24) is 0 Å². The van der Waals surface area contributed by atoms with Crippen molar-refractivity contribution >= 4 is 34.8 Å². The molecular formula is C9H9Cl2FN2O. The fourth-order valence-corrected chi connectivity index (χ4v) is 1.47. The monoisotopic (exact) mass is 250 g/mol. The van der Waals surface area contributed by atoms with E-state index in [1.165, 1.54) is 12.1 Å². The van der Waals surface area contributed by atoms with Crippen LogP contribution < -0.4 is 11.1 Å². The molecule has 0 heterocycles. The van der Waals surface area contributed by atoms with Crippen LogP contribution in [0.15, 0.2) is 12.1 Å². The molecule has 0 atom stereocenters. The average Bonchev–Trinajstić information content (AvgIpc) is 2.13. The predicted molar refractivity (Wildman–Crippen MR) is 58.7 cm³/mol. The van der Waals surface area contributed by atoms with Gasteiger partial charge in [-0.3, -0.25) is 4.79 Å². The number of benzene rings is 1. The van der Waals surface area contributed by atoms with Crippen molar-refractivity contribution < 1.29 is 9.18 Å². The molecule has 0 saturated carbocycles. The van der Waals surface area contributed by atoms with Crippen LogP contribution in [0.2, 0.25) is 10.0 Å². The SMILES string of the molecule is NC(=O)CCNc1cc(Cl)c(F)c(Cl)c1. The van der Waals surface area contributed by atoms with Gasteiger partial charge in [0.15, 0.2) is 5.82 Å². The van der Waals surface area contributed by atoms with Crippen molar-refractivity contribution in [1.29, 1.82) is 0 Å². The van der Waals surface area contributed by atoms with E-state index in [4.69, 9.17) is 28.9 Å². The Morgan fingerprint density at radius 2 is 1.93 bits per heavy atom. The second kappa shape index (κ2) is 5.19. The summed E-state index contributed by atoms with van der Waals surface area (Å²) in [4.78, 5) is 10.4. The van der Waals surface area contributed by atoms with Gasteiger partial charge in [-0.15, -0.1) is 0 Å². The molecule has 6 heteroatoms. The van der Waals surface area contributed by atoms with Gasteiger partial charge in [-0.2, -0.15) is 0 Å². The molecule has 1 rings (SSSR count). The number of hydrogen-bond acceptors (Lipinski definition) is 2. The third-order valence-corrected chi connectivity index (χ3v) is 2.23. The molecule has 0 fully saturated rings. The Morgan fingerprint density at radius 1 is 1.40 bits per heavy atom. The highest BCUT2D eigenvalue weighted by Crippen LogP contribution is 2.27. The lowest BCUT2D eigenvalue weighted by molar-refractivity contribution is -0.117. The van der Waals surface area contributed by atoms with Crippen LogP contribution >= 0.6 is 23.2 Å². The maximum Gasteiger partial charge on any atom is 0.219 e. The topological polar surface area (TPSA) is 55.1 Å². The standard InChI is InChI=1S/C9H9Cl2FN2O/c10-6-3-5(4-7(11)9(6)12)14-2-1-8(13)15/h3-4,14H,1-2H2,(H2,13,15). The van der Waals surface area contributed by atoms with Crippen molar-refractivity contribution in [3.8, 4) is 0 Å². The zero-order chi connectivity index (χ0) is 11.4. The number of nitrogens with one attached hydrogen (secondary N) is 1. The van der Waals surface area contributed by atoms with Crippen LogP contribution in [-0.4, -0.2) is 12.5 Å². The molecule has 0 aliphatic rings. The fraction of sp³-hybridized carbons (Fsp3) is 0.222. The molecule has 0 saturated heterocycles. The Bertz CT molecular complexity index is 361. The lowest BCUT2D eigenvalue weighted by Gasteiger charge is -2.06. The minimum atomic E-state index is -0.654. The first-order valence-corrected chi connectivity index (χ1v) is 4.93. The Morgan fingerprint density at radius 3 is 2.40 bits per heavy atom. The Balaban J connectivity index is 2.66. The van der Waals surface area contributed by atoms with Crippen LogP contribution in [0, 0.1) is 5.82 Å². The summed E-state index contributed by atoms with van der Waals surface area (Å²) in [6, 6.07) is 2.79. The minimum Gasteiger partial charge on any atom is -0.384 e. The maximum absolute atomic E-state index is 13.0. The van der Waals surface area contributed by atoms with E-state index in [1.54, 1.807) is 0 Å². The smallest absolute Gasteiger partial charge is 0.219 e. The van der Waals surface area contributed by atoms with Gasteiger partial charge < -0.3 is 11.1 Å². The number of carbonyl (C=O) groups excluding carboxylic acids is 1. The molecule has 3 nitrogen and oxygen atoms in total. The molecule has 0 bridgehead atoms. The lowest BCUT2D eigenvalue weighted by Crippen LogP contribution is -2.15. The van der Waals surface area contributed by atoms with E-state index in [2.05, 4.69) is 5.32 Å². The Labute approximate surface area is 96.3 Å². The maximum atomic E-state index is 13.0. The van der Waals surface area contributed by atoms with Gasteiger partial charge >= 0.3 is 0 Å². The van der Waals surface area contributed by atoms with Crippen LogP contribution in [0.25, 0.3) is 0 Å². The zero-order valence-corrected chi connectivity index (χ0v) is 9.20. The van der Waals surface area contributed by atoms with Gasteiger partial charge in [0.25, 0.3) is 0 Å². The third kappa shape index (κ3) is 3.57. The summed E-state index contributed by atoms with van der Waals surface area (Å²) in [7, 11) is 0. The van der Waals surface area contributed by atoms with E-state index >= 15 is 0 Å². The summed E-state index contributed by atoms with van der Waals surface area (Å²) in [6.07, 6.45) is 0.187. The summed E-state index contributed by atoms with van der Waals surface area (Å²) in [6.45, 7) is 0.355. The first-order valence-electron chi connectivity index (χ1n) is 4.17. The highest BCUT2D eigenvalue weighted by molar-refractivity contribution is 6.35. The summed E-state index contributed by atoms with van der Waals surface area (Å²) < 4.78 is 13.0. The summed E-state index contributed by atoms with van der Waals surface area (Å²) in [5.74, 6) is -1.07. The number of primary amides is 1. The first-order chi connectivity index (χ1) is 7.00. The molecule has 0 aromatic heterocycles. The molecule has 0 aliphatic carbocycles. The van der Waals surface area contributed by atoms with Crippen molar-refractivity contribution in [2.24, 2.45) is 5.73 Å². The van der Waals surface area contributed by atoms with E-state index < -0.39 is 11.7 Å². The molecule has 3 N–H and O–H groups in total. The number of amides is 1. The van der Waals surface area contributed by atoms with E-state index in [-0.39, 0.29) is 16.5 Å². The quantitative estimate of drug-likeness (QED) is 0.807. The summed E-state index contributed by atoms with van der Waals surface area (Å²) in [5, 5.41) is 2.72. The van der Waals surface area contributed by atoms with Crippen molar-refractivity contribution in [3.05, 3.63) is 28.0 Å². The fourth-order valence-electron chi connectivity index (χ4n) is 0.988. The predicted octanol–water partition coefficient (Wildman–Crippen LogP) is 2.42. The number of hydrogen-bond donors (Lipinski definition) is 2. The van der Waals surface area contributed by atoms with Gasteiger partial charge in [0.1, 0.15) is 0 Å². The third-order valence-electron chi connectivity index (χ3n) is 1.68. The molecule has 82 valence electrons. The van der Waals surface area contributed by atoms with Gasteiger partial charge in [0.05, 0.1) is 10.0 Å². The molecule has 1 aromatic rings. The van der Waals surface area contributed by atoms with E-state index in [0.717, 1.165) is 0 Å². The number of anilines is 1. The van der Waals surface area contributed by atoms with Gasteiger partial charge in [-0.1, -0.05) is 23.2 Å². The summed E-state index contributed by atoms with van der Waals surface area (Å²) >= 11 is 11.1. The van der Waals surface area contributed by atoms with Gasteiger partial charge in [0, 0.05) is 18.7 Å². The molecule has 1 amide bonds. The minimum absolute atomic E-state index is 0.0657. The number of halogens is 3. The number of rotatable bonds is 4. The second-order valence-corrected chi connectivity index (χ2v) is 3.71. The summed E-state index contributed by atoms with van der Waals surface area (Å²) in [5.41, 5.74) is 5.50. The molecular weight excluding hydrogens is 242 g/mol. The Hall–Kier alpha value is -1.00. The van der Waals surface area contributed by atoms with Gasteiger partial charge in [-0.25, -0.2) is 4.39 Å². The van der Waals surface area contributed by atoms with E-state index in [9.17, 15) is 9.18 Å². The second-order valence-electron chi connectivity index (χ2n) is 2.90. The molecule has 0 radical (unpaired) electrons. The molecule has 1 aromatic carbocycles. The van der Waals surface area contributed by atoms with Crippen molar-refractivity contribution in [2.75, 3.05) is 11.9 Å². The van der Waals surface area contributed by atoms with Crippen LogP contribution in [0.1, 0.15) is 6.42 Å². The highest BCUT2D eigenvalue weighted by atomic mass is 35.5. The van der Waals surface area contributed by atoms with E-state index in [0.29, 0.717) is 12.2 Å². The first kappa shape index (κ1) is 12.1. The van der Waals surface area contributed by atoms with Gasteiger partial charge in [-0.05, 0) is 12.1 Å². The zero-order valence-electron chi connectivity index (χ0n) is 7.69.